The quantitative estimate of drug-likeness (QED) is 0.381. The summed E-state index contributed by atoms with van der Waals surface area (Å²) < 4.78 is 15.0. The molecule has 0 radical (unpaired) electrons. The molecule has 0 atom stereocenters. The molecule has 0 heterocycles. The van der Waals surface area contributed by atoms with Crippen LogP contribution in [0.3, 0.4) is 0 Å². The lowest BCUT2D eigenvalue weighted by atomic mass is 10.0. The summed E-state index contributed by atoms with van der Waals surface area (Å²) in [5, 5.41) is 9.15. The molecule has 0 spiro atoms. The first kappa shape index (κ1) is 15.4. The normalized spacial score (nSPS) is 10.6. The second-order valence-corrected chi connectivity index (χ2v) is 3.72. The van der Waals surface area contributed by atoms with Gasteiger partial charge in [0.05, 0.1) is 26.4 Å². The Labute approximate surface area is 117 Å². The molecule has 0 aliphatic heterocycles. The number of esters is 1. The van der Waals surface area contributed by atoms with Gasteiger partial charge < -0.3 is 19.9 Å². The predicted molar refractivity (Wildman–Crippen MR) is 74.2 cm³/mol. The minimum atomic E-state index is -0.584. The SMILES string of the molecule is CCOC(=O)C=C(C#N)c1cc(OC)c(N)c(OC)c1. The number of carbonyl (C=O) groups is 1. The monoisotopic (exact) mass is 276 g/mol. The topological polar surface area (TPSA) is 94.6 Å². The van der Waals surface area contributed by atoms with Crippen molar-refractivity contribution in [3.63, 3.8) is 0 Å². The zero-order chi connectivity index (χ0) is 15.1. The molecule has 0 amide bonds. The Hall–Kier alpha value is -2.68. The van der Waals surface area contributed by atoms with Crippen molar-refractivity contribution >= 4 is 17.2 Å². The molecule has 0 bridgehead atoms. The Kier molecular flexibility index (Phi) is 5.42. The van der Waals surface area contributed by atoms with Gasteiger partial charge in [0.25, 0.3) is 0 Å². The number of hydrogen-bond acceptors (Lipinski definition) is 6. The van der Waals surface area contributed by atoms with Gasteiger partial charge in [-0.15, -0.1) is 0 Å². The van der Waals surface area contributed by atoms with E-state index < -0.39 is 5.97 Å². The molecule has 6 heteroatoms. The number of nitrogens with two attached hydrogens (primary N) is 1. The van der Waals surface area contributed by atoms with Crippen molar-refractivity contribution < 1.29 is 19.0 Å². The molecule has 0 aromatic heterocycles. The van der Waals surface area contributed by atoms with Crippen LogP contribution in [0.15, 0.2) is 18.2 Å². The maximum absolute atomic E-state index is 11.4. The van der Waals surface area contributed by atoms with Crippen LogP contribution in [-0.4, -0.2) is 26.8 Å². The predicted octanol–water partition coefficient (Wildman–Crippen LogP) is 1.76. The molecule has 0 fully saturated rings. The zero-order valence-electron chi connectivity index (χ0n) is 11.6. The van der Waals surface area contributed by atoms with E-state index in [1.807, 2.05) is 6.07 Å². The fraction of sp³-hybridized carbons (Fsp3) is 0.286. The number of nitrogen functional groups attached to an aromatic ring is 1. The number of methoxy groups -OCH3 is 2. The zero-order valence-corrected chi connectivity index (χ0v) is 11.6. The fourth-order valence-corrected chi connectivity index (χ4v) is 1.58. The maximum atomic E-state index is 11.4. The fourth-order valence-electron chi connectivity index (χ4n) is 1.58. The van der Waals surface area contributed by atoms with E-state index in [1.54, 1.807) is 19.1 Å². The largest absolute Gasteiger partial charge is 0.494 e. The van der Waals surface area contributed by atoms with Crippen molar-refractivity contribution in [2.24, 2.45) is 0 Å². The number of rotatable bonds is 5. The van der Waals surface area contributed by atoms with Crippen molar-refractivity contribution in [2.75, 3.05) is 26.6 Å². The molecule has 0 saturated carbocycles. The van der Waals surface area contributed by atoms with E-state index in [1.165, 1.54) is 14.2 Å². The molecule has 0 aliphatic rings. The second kappa shape index (κ2) is 7.04. The molecule has 0 unspecified atom stereocenters. The minimum Gasteiger partial charge on any atom is -0.494 e. The Bertz CT molecular complexity index is 548. The summed E-state index contributed by atoms with van der Waals surface area (Å²) in [5.41, 5.74) is 6.75. The van der Waals surface area contributed by atoms with Gasteiger partial charge in [0.1, 0.15) is 23.3 Å². The van der Waals surface area contributed by atoms with Gasteiger partial charge in [-0.25, -0.2) is 4.79 Å². The van der Waals surface area contributed by atoms with Crippen LogP contribution in [-0.2, 0) is 9.53 Å². The van der Waals surface area contributed by atoms with Crippen molar-refractivity contribution in [2.45, 2.75) is 6.92 Å². The summed E-state index contributed by atoms with van der Waals surface area (Å²) in [6, 6.07) is 5.06. The highest BCUT2D eigenvalue weighted by Crippen LogP contribution is 2.35. The van der Waals surface area contributed by atoms with E-state index in [0.717, 1.165) is 6.08 Å². The molecule has 0 aliphatic carbocycles. The summed E-state index contributed by atoms with van der Waals surface area (Å²) in [6.45, 7) is 1.93. The number of carbonyl (C=O) groups excluding carboxylic acids is 1. The van der Waals surface area contributed by atoms with Crippen LogP contribution in [0.2, 0.25) is 0 Å². The lowest BCUT2D eigenvalue weighted by molar-refractivity contribution is -0.137. The Morgan fingerprint density at radius 2 is 1.90 bits per heavy atom. The van der Waals surface area contributed by atoms with E-state index in [0.29, 0.717) is 22.7 Å². The van der Waals surface area contributed by atoms with Crippen LogP contribution in [0.4, 0.5) is 5.69 Å². The van der Waals surface area contributed by atoms with Gasteiger partial charge in [0.15, 0.2) is 0 Å². The number of allylic oxidation sites excluding steroid dienone is 1. The van der Waals surface area contributed by atoms with Crippen LogP contribution in [0.5, 0.6) is 11.5 Å². The van der Waals surface area contributed by atoms with Crippen LogP contribution in [0, 0.1) is 11.3 Å². The number of nitriles is 1. The van der Waals surface area contributed by atoms with Crippen molar-refractivity contribution in [1.29, 1.82) is 5.26 Å². The summed E-state index contributed by atoms with van der Waals surface area (Å²) in [6.07, 6.45) is 1.12. The molecule has 6 nitrogen and oxygen atoms in total. The van der Waals surface area contributed by atoms with Crippen LogP contribution in [0.25, 0.3) is 5.57 Å². The van der Waals surface area contributed by atoms with E-state index >= 15 is 0 Å². The second-order valence-electron chi connectivity index (χ2n) is 3.72. The summed E-state index contributed by atoms with van der Waals surface area (Å²) in [4.78, 5) is 11.4. The highest BCUT2D eigenvalue weighted by molar-refractivity contribution is 5.96. The lowest BCUT2D eigenvalue weighted by Gasteiger charge is -2.11. The molecule has 20 heavy (non-hydrogen) atoms. The summed E-state index contributed by atoms with van der Waals surface area (Å²) in [7, 11) is 2.91. The Balaban J connectivity index is 3.30. The van der Waals surface area contributed by atoms with Crippen molar-refractivity contribution in [3.8, 4) is 17.6 Å². The first-order valence-electron chi connectivity index (χ1n) is 5.87. The van der Waals surface area contributed by atoms with E-state index in [9.17, 15) is 4.79 Å². The van der Waals surface area contributed by atoms with Gasteiger partial charge in [-0.2, -0.15) is 5.26 Å². The number of hydrogen-bond donors (Lipinski definition) is 1. The van der Waals surface area contributed by atoms with Gasteiger partial charge in [0, 0.05) is 6.08 Å². The number of benzene rings is 1. The van der Waals surface area contributed by atoms with Gasteiger partial charge in [-0.3, -0.25) is 0 Å². The van der Waals surface area contributed by atoms with Crippen LogP contribution < -0.4 is 15.2 Å². The average molecular weight is 276 g/mol. The van der Waals surface area contributed by atoms with E-state index in [2.05, 4.69) is 0 Å². The first-order valence-corrected chi connectivity index (χ1v) is 5.87. The standard InChI is InChI=1S/C14H16N2O4/c1-4-20-13(17)7-10(8-15)9-5-11(18-2)14(16)12(6-9)19-3/h5-7H,4,16H2,1-3H3. The smallest absolute Gasteiger partial charge is 0.332 e. The third-order valence-corrected chi connectivity index (χ3v) is 2.52. The Morgan fingerprint density at radius 1 is 1.35 bits per heavy atom. The third kappa shape index (κ3) is 3.42. The molecule has 0 saturated heterocycles. The molecule has 1 aromatic rings. The van der Waals surface area contributed by atoms with Crippen molar-refractivity contribution in [3.05, 3.63) is 23.8 Å². The number of anilines is 1. The van der Waals surface area contributed by atoms with Gasteiger partial charge in [0.2, 0.25) is 0 Å². The summed E-state index contributed by atoms with van der Waals surface area (Å²) in [5.74, 6) is 0.146. The first-order chi connectivity index (χ1) is 9.57. The number of ether oxygens (including phenoxy) is 3. The van der Waals surface area contributed by atoms with Gasteiger partial charge >= 0.3 is 5.97 Å². The van der Waals surface area contributed by atoms with Gasteiger partial charge in [-0.05, 0) is 24.6 Å². The highest BCUT2D eigenvalue weighted by atomic mass is 16.5. The van der Waals surface area contributed by atoms with Gasteiger partial charge in [-0.1, -0.05) is 0 Å². The van der Waals surface area contributed by atoms with Crippen LogP contribution in [0.1, 0.15) is 12.5 Å². The molecule has 1 aromatic carbocycles. The van der Waals surface area contributed by atoms with E-state index in [-0.39, 0.29) is 12.2 Å². The average Bonchev–Trinajstić information content (AvgIpc) is 2.45. The van der Waals surface area contributed by atoms with E-state index in [4.69, 9.17) is 25.2 Å². The third-order valence-electron chi connectivity index (χ3n) is 2.52. The highest BCUT2D eigenvalue weighted by Gasteiger charge is 2.13. The minimum absolute atomic E-state index is 0.139. The van der Waals surface area contributed by atoms with Crippen LogP contribution >= 0.6 is 0 Å². The summed E-state index contributed by atoms with van der Waals surface area (Å²) >= 11 is 0. The lowest BCUT2D eigenvalue weighted by Crippen LogP contribution is -2.02. The maximum Gasteiger partial charge on any atom is 0.332 e. The Morgan fingerprint density at radius 3 is 2.30 bits per heavy atom. The molecule has 2 N–H and O–H groups in total. The number of nitrogens with zero attached hydrogens (tertiary/aromatic N) is 1. The van der Waals surface area contributed by atoms with Crippen molar-refractivity contribution in [1.82, 2.24) is 0 Å². The molecular weight excluding hydrogens is 260 g/mol. The molecular formula is C14H16N2O4. The molecule has 1 rings (SSSR count). The molecule has 106 valence electrons.